The van der Waals surface area contributed by atoms with Crippen molar-refractivity contribution < 1.29 is 29.5 Å². The number of nitro groups is 6. The first kappa shape index (κ1) is 24.7. The maximum Gasteiger partial charge on any atom is 0.763 e. The summed E-state index contributed by atoms with van der Waals surface area (Å²) in [6, 6.07) is 6.97. The van der Waals surface area contributed by atoms with E-state index in [-0.39, 0.29) is 5.69 Å². The molecule has 22 nitrogen and oxygen atoms in total. The standard InChI is InChI=1S/C12H8N10O12/c1-16(7-5-3-2-4-6-7)10-14-8(11(17(23)24,18(25)26)19(27)28)13-9(15-10)12(20(29)30,21(31)32)22(33)34/h2-6H,1H3. The van der Waals surface area contributed by atoms with Crippen LogP contribution in [0.25, 0.3) is 0 Å². The summed E-state index contributed by atoms with van der Waals surface area (Å²) in [5, 5.41) is 68.6. The molecule has 0 radical (unpaired) electrons. The van der Waals surface area contributed by atoms with Crippen LogP contribution in [0.3, 0.4) is 0 Å². The van der Waals surface area contributed by atoms with Gasteiger partial charge in [0.25, 0.3) is 0 Å². The third kappa shape index (κ3) is 3.45. The second-order valence-electron chi connectivity index (χ2n) is 5.99. The van der Waals surface area contributed by atoms with E-state index < -0.39 is 58.7 Å². The molecule has 0 amide bonds. The van der Waals surface area contributed by atoms with Gasteiger partial charge in [-0.3, -0.25) is 60.7 Å². The zero-order valence-corrected chi connectivity index (χ0v) is 16.3. The lowest BCUT2D eigenvalue weighted by Crippen LogP contribution is -2.54. The molecule has 0 saturated carbocycles. The van der Waals surface area contributed by atoms with Gasteiger partial charge in [-0.1, -0.05) is 18.2 Å². The quantitative estimate of drug-likeness (QED) is 0.233. The average molecular weight is 484 g/mol. The second-order valence-corrected chi connectivity index (χ2v) is 5.99. The minimum atomic E-state index is -4.65. The number of benzene rings is 1. The van der Waals surface area contributed by atoms with Crippen molar-refractivity contribution in [2.45, 2.75) is 11.6 Å². The number of hydrogen-bond donors (Lipinski definition) is 0. The summed E-state index contributed by atoms with van der Waals surface area (Å²) < 4.78 is 0. The maximum atomic E-state index is 11.4. The lowest BCUT2D eigenvalue weighted by Gasteiger charge is -2.18. The van der Waals surface area contributed by atoms with E-state index in [9.17, 15) is 60.7 Å². The van der Waals surface area contributed by atoms with Crippen LogP contribution in [0.1, 0.15) is 11.6 Å². The maximum absolute atomic E-state index is 11.4. The number of hydrogen-bond acceptors (Lipinski definition) is 16. The minimum Gasteiger partial charge on any atom is -0.313 e. The molecule has 0 aliphatic rings. The van der Waals surface area contributed by atoms with Gasteiger partial charge in [0.2, 0.25) is 5.95 Å². The largest absolute Gasteiger partial charge is 0.763 e. The van der Waals surface area contributed by atoms with Crippen LogP contribution in [0, 0.1) is 60.7 Å². The van der Waals surface area contributed by atoms with Crippen molar-refractivity contribution in [2.24, 2.45) is 0 Å². The Morgan fingerprint density at radius 1 is 0.618 bits per heavy atom. The van der Waals surface area contributed by atoms with Gasteiger partial charge in [0.15, 0.2) is 29.5 Å². The fourth-order valence-corrected chi connectivity index (χ4v) is 2.47. The third-order valence-corrected chi connectivity index (χ3v) is 4.19. The van der Waals surface area contributed by atoms with Gasteiger partial charge in [0.05, 0.1) is 0 Å². The molecule has 0 saturated heterocycles. The average Bonchev–Trinajstić information content (AvgIpc) is 2.73. The van der Waals surface area contributed by atoms with E-state index in [1.165, 1.54) is 30.3 Å². The summed E-state index contributed by atoms with van der Waals surface area (Å²) in [4.78, 5) is 66.1. The highest BCUT2D eigenvalue weighted by molar-refractivity contribution is 5.55. The minimum absolute atomic E-state index is 0.0634. The molecule has 0 bridgehead atoms. The van der Waals surface area contributed by atoms with E-state index in [1.54, 1.807) is 0 Å². The first-order valence-corrected chi connectivity index (χ1v) is 8.18. The van der Waals surface area contributed by atoms with Gasteiger partial charge < -0.3 is 4.90 Å². The van der Waals surface area contributed by atoms with Crippen molar-refractivity contribution in [3.8, 4) is 0 Å². The molecule has 0 fully saturated rings. The Kier molecular flexibility index (Phi) is 6.19. The van der Waals surface area contributed by atoms with Gasteiger partial charge in [-0.05, 0) is 12.1 Å². The molecule has 0 atom stereocenters. The van der Waals surface area contributed by atoms with Crippen LogP contribution in [-0.4, -0.2) is 51.5 Å². The van der Waals surface area contributed by atoms with Crippen molar-refractivity contribution in [1.82, 2.24) is 15.0 Å². The second kappa shape index (κ2) is 8.52. The van der Waals surface area contributed by atoms with Crippen LogP contribution in [0.5, 0.6) is 0 Å². The fraction of sp³-hybridized carbons (Fsp3) is 0.250. The first-order valence-electron chi connectivity index (χ1n) is 8.18. The zero-order chi connectivity index (χ0) is 26.0. The summed E-state index contributed by atoms with van der Waals surface area (Å²) in [5.74, 6) is -14.5. The number of para-hydroxylation sites is 1. The van der Waals surface area contributed by atoms with Crippen molar-refractivity contribution in [1.29, 1.82) is 0 Å². The predicted molar refractivity (Wildman–Crippen MR) is 99.7 cm³/mol. The molecule has 22 heteroatoms. The highest BCUT2D eigenvalue weighted by atomic mass is 16.7. The number of aromatic nitrogens is 3. The summed E-state index contributed by atoms with van der Waals surface area (Å²) in [5.41, 5.74) is 0.0634. The van der Waals surface area contributed by atoms with E-state index in [0.29, 0.717) is 0 Å². The van der Waals surface area contributed by atoms with Gasteiger partial charge in [-0.15, -0.1) is 0 Å². The van der Waals surface area contributed by atoms with Crippen LogP contribution in [-0.2, 0) is 11.6 Å². The molecule has 34 heavy (non-hydrogen) atoms. The number of nitrogens with zero attached hydrogens (tertiary/aromatic N) is 10. The fourth-order valence-electron chi connectivity index (χ4n) is 2.47. The zero-order valence-electron chi connectivity index (χ0n) is 16.3. The monoisotopic (exact) mass is 484 g/mol. The lowest BCUT2D eigenvalue weighted by molar-refractivity contribution is -0.989. The summed E-state index contributed by atoms with van der Waals surface area (Å²) >= 11 is 0. The molecule has 178 valence electrons. The van der Waals surface area contributed by atoms with E-state index in [0.717, 1.165) is 11.9 Å². The summed E-state index contributed by atoms with van der Waals surface area (Å²) in [6.07, 6.45) is 0. The smallest absolute Gasteiger partial charge is 0.313 e. The van der Waals surface area contributed by atoms with Crippen molar-refractivity contribution in [2.75, 3.05) is 11.9 Å². The van der Waals surface area contributed by atoms with E-state index in [1.807, 2.05) is 0 Å². The Morgan fingerprint density at radius 3 is 1.24 bits per heavy atom. The lowest BCUT2D eigenvalue weighted by atomic mass is 10.3. The summed E-state index contributed by atoms with van der Waals surface area (Å²) in [6.45, 7) is 0. The molecule has 0 aliphatic carbocycles. The molecule has 2 rings (SSSR count). The van der Waals surface area contributed by atoms with E-state index in [2.05, 4.69) is 15.0 Å². The van der Waals surface area contributed by atoms with Crippen molar-refractivity contribution >= 4 is 11.6 Å². The van der Waals surface area contributed by atoms with Crippen LogP contribution < -0.4 is 4.90 Å². The van der Waals surface area contributed by atoms with Crippen molar-refractivity contribution in [3.05, 3.63) is 103 Å². The van der Waals surface area contributed by atoms with Crippen LogP contribution in [0.15, 0.2) is 30.3 Å². The first-order chi connectivity index (χ1) is 15.7. The Labute approximate surface area is 183 Å². The summed E-state index contributed by atoms with van der Waals surface area (Å²) in [7, 11) is 1.05. The van der Waals surface area contributed by atoms with Gasteiger partial charge in [-0.2, -0.15) is 15.0 Å². The van der Waals surface area contributed by atoms with Gasteiger partial charge >= 0.3 is 23.2 Å². The Bertz CT molecular complexity index is 1080. The molecular weight excluding hydrogens is 476 g/mol. The van der Waals surface area contributed by atoms with Crippen LogP contribution in [0.2, 0.25) is 0 Å². The van der Waals surface area contributed by atoms with Gasteiger partial charge in [-0.25, -0.2) is 0 Å². The Hall–Kier alpha value is -5.57. The molecule has 1 aromatic carbocycles. The van der Waals surface area contributed by atoms with E-state index in [4.69, 9.17) is 0 Å². The number of rotatable bonds is 10. The molecule has 2 aromatic rings. The van der Waals surface area contributed by atoms with E-state index >= 15 is 0 Å². The van der Waals surface area contributed by atoms with Gasteiger partial charge in [0, 0.05) is 12.7 Å². The van der Waals surface area contributed by atoms with Crippen LogP contribution in [0.4, 0.5) is 11.6 Å². The Morgan fingerprint density at radius 2 is 0.941 bits per heavy atom. The molecule has 0 unspecified atom stereocenters. The molecule has 0 spiro atoms. The van der Waals surface area contributed by atoms with Crippen molar-refractivity contribution in [3.63, 3.8) is 0 Å². The highest BCUT2D eigenvalue weighted by Crippen LogP contribution is 2.31. The highest BCUT2D eigenvalue weighted by Gasteiger charge is 2.80. The predicted octanol–water partition coefficient (Wildman–Crippen LogP) is -0.480. The molecular formula is C12H8N10O12. The van der Waals surface area contributed by atoms with Crippen LogP contribution >= 0.6 is 0 Å². The topological polar surface area (TPSA) is 301 Å². The third-order valence-electron chi connectivity index (χ3n) is 4.19. The molecule has 1 heterocycles. The molecule has 1 aromatic heterocycles. The van der Waals surface area contributed by atoms with Gasteiger partial charge in [0.1, 0.15) is 0 Å². The number of anilines is 2. The SMILES string of the molecule is CN(c1ccccc1)c1nc(C([N+](=O)[O-])([N+](=O)[O-])[N+](=O)[O-])nc(C([N+](=O)[O-])([N+](=O)[O-])[N+](=O)[O-])n1. The normalized spacial score (nSPS) is 11.3. The Balaban J connectivity index is 3.10. The molecule has 0 N–H and O–H groups in total. The molecule has 0 aliphatic heterocycles.